The number of aromatic nitrogens is 3. The van der Waals surface area contributed by atoms with Gasteiger partial charge in [0.2, 0.25) is 0 Å². The molecule has 0 aliphatic heterocycles. The van der Waals surface area contributed by atoms with Gasteiger partial charge in [-0.25, -0.2) is 9.97 Å². The predicted molar refractivity (Wildman–Crippen MR) is 67.2 cm³/mol. The normalized spacial score (nSPS) is 10.4. The van der Waals surface area contributed by atoms with Crippen molar-refractivity contribution < 1.29 is 0 Å². The van der Waals surface area contributed by atoms with Gasteiger partial charge in [-0.3, -0.25) is 0 Å². The van der Waals surface area contributed by atoms with E-state index in [4.69, 9.17) is 0 Å². The van der Waals surface area contributed by atoms with Crippen molar-refractivity contribution in [2.75, 3.05) is 5.32 Å². The van der Waals surface area contributed by atoms with Crippen LogP contribution in [0.25, 0.3) is 0 Å². The van der Waals surface area contributed by atoms with Crippen LogP contribution >= 0.6 is 15.9 Å². The molecule has 5 heteroatoms. The van der Waals surface area contributed by atoms with E-state index in [9.17, 15) is 0 Å². The number of pyridine rings is 1. The second-order valence-corrected chi connectivity index (χ2v) is 4.17. The fourth-order valence-electron chi connectivity index (χ4n) is 1.46. The molecule has 84 valence electrons. The van der Waals surface area contributed by atoms with Gasteiger partial charge in [0.25, 0.3) is 0 Å². The molecule has 0 spiro atoms. The number of imidazole rings is 1. The molecule has 0 bridgehead atoms. The van der Waals surface area contributed by atoms with Crippen molar-refractivity contribution >= 4 is 21.6 Å². The minimum absolute atomic E-state index is 0.712. The first kappa shape index (κ1) is 11.1. The number of rotatable bonds is 4. The summed E-state index contributed by atoms with van der Waals surface area (Å²) in [5, 5.41) is 3.28. The Morgan fingerprint density at radius 1 is 1.38 bits per heavy atom. The summed E-state index contributed by atoms with van der Waals surface area (Å²) in [5.41, 5.74) is 0.994. The fourth-order valence-corrected chi connectivity index (χ4v) is 1.69. The maximum Gasteiger partial charge on any atom is 0.128 e. The highest BCUT2D eigenvalue weighted by atomic mass is 79.9. The van der Waals surface area contributed by atoms with Crippen LogP contribution in [0.1, 0.15) is 12.7 Å². The number of halogens is 1. The second kappa shape index (κ2) is 5.12. The zero-order valence-corrected chi connectivity index (χ0v) is 10.6. The van der Waals surface area contributed by atoms with E-state index in [1.807, 2.05) is 24.5 Å². The molecule has 2 aromatic rings. The lowest BCUT2D eigenvalue weighted by Crippen LogP contribution is -2.07. The Morgan fingerprint density at radius 3 is 2.94 bits per heavy atom. The molecular weight excluding hydrogens is 268 g/mol. The topological polar surface area (TPSA) is 42.7 Å². The average molecular weight is 281 g/mol. The van der Waals surface area contributed by atoms with E-state index in [0.29, 0.717) is 6.54 Å². The fraction of sp³-hybridized carbons (Fsp3) is 0.273. The SMILES string of the molecule is CCn1ccnc1CNc1ccc(Br)nc1. The van der Waals surface area contributed by atoms with Gasteiger partial charge >= 0.3 is 0 Å². The molecule has 0 fully saturated rings. The summed E-state index contributed by atoms with van der Waals surface area (Å²) < 4.78 is 2.95. The maximum absolute atomic E-state index is 4.29. The Balaban J connectivity index is 1.99. The van der Waals surface area contributed by atoms with Crippen LogP contribution in [0.4, 0.5) is 5.69 Å². The minimum atomic E-state index is 0.712. The van der Waals surface area contributed by atoms with Crippen LogP contribution in [0, 0.1) is 0 Å². The van der Waals surface area contributed by atoms with Gasteiger partial charge in [0.05, 0.1) is 18.4 Å². The molecule has 16 heavy (non-hydrogen) atoms. The highest BCUT2D eigenvalue weighted by molar-refractivity contribution is 9.10. The van der Waals surface area contributed by atoms with E-state index >= 15 is 0 Å². The quantitative estimate of drug-likeness (QED) is 0.876. The zero-order valence-electron chi connectivity index (χ0n) is 9.02. The standard InChI is InChI=1S/C11H13BrN4/c1-2-16-6-5-13-11(16)8-14-9-3-4-10(12)15-7-9/h3-7,14H,2,8H2,1H3. The van der Waals surface area contributed by atoms with Gasteiger partial charge in [-0.2, -0.15) is 0 Å². The molecule has 0 aliphatic carbocycles. The molecule has 0 aliphatic rings. The second-order valence-electron chi connectivity index (χ2n) is 3.35. The third-order valence-corrected chi connectivity index (χ3v) is 2.79. The van der Waals surface area contributed by atoms with E-state index in [1.54, 1.807) is 6.20 Å². The summed E-state index contributed by atoms with van der Waals surface area (Å²) in [4.78, 5) is 8.44. The smallest absolute Gasteiger partial charge is 0.128 e. The van der Waals surface area contributed by atoms with E-state index in [2.05, 4.69) is 42.7 Å². The Kier molecular flexibility index (Phi) is 3.56. The molecule has 0 radical (unpaired) electrons. The largest absolute Gasteiger partial charge is 0.377 e. The summed E-state index contributed by atoms with van der Waals surface area (Å²) >= 11 is 3.30. The predicted octanol–water partition coefficient (Wildman–Crippen LogP) is 2.67. The lowest BCUT2D eigenvalue weighted by atomic mass is 10.4. The summed E-state index contributed by atoms with van der Waals surface area (Å²) in [6.45, 7) is 3.76. The average Bonchev–Trinajstić information content (AvgIpc) is 2.76. The van der Waals surface area contributed by atoms with Gasteiger partial charge in [-0.1, -0.05) is 0 Å². The molecule has 2 rings (SSSR count). The zero-order chi connectivity index (χ0) is 11.4. The van der Waals surface area contributed by atoms with Crippen LogP contribution in [-0.4, -0.2) is 14.5 Å². The lowest BCUT2D eigenvalue weighted by Gasteiger charge is -2.07. The third kappa shape index (κ3) is 2.61. The van der Waals surface area contributed by atoms with Crippen LogP contribution in [0.2, 0.25) is 0 Å². The molecule has 0 aromatic carbocycles. The van der Waals surface area contributed by atoms with Gasteiger partial charge < -0.3 is 9.88 Å². The van der Waals surface area contributed by atoms with Crippen molar-refractivity contribution in [2.24, 2.45) is 0 Å². The van der Waals surface area contributed by atoms with Crippen LogP contribution in [0.3, 0.4) is 0 Å². The molecule has 0 amide bonds. The number of aryl methyl sites for hydroxylation is 1. The van der Waals surface area contributed by atoms with Crippen molar-refractivity contribution in [2.45, 2.75) is 20.0 Å². The first-order valence-corrected chi connectivity index (χ1v) is 5.94. The Morgan fingerprint density at radius 2 is 2.25 bits per heavy atom. The maximum atomic E-state index is 4.29. The Labute approximate surface area is 103 Å². The van der Waals surface area contributed by atoms with Crippen LogP contribution in [0.5, 0.6) is 0 Å². The number of anilines is 1. The van der Waals surface area contributed by atoms with E-state index in [1.165, 1.54) is 0 Å². The number of nitrogens with one attached hydrogen (secondary N) is 1. The molecule has 2 aromatic heterocycles. The van der Waals surface area contributed by atoms with Crippen molar-refractivity contribution in [1.29, 1.82) is 0 Å². The van der Waals surface area contributed by atoms with Gasteiger partial charge in [0.15, 0.2) is 0 Å². The van der Waals surface area contributed by atoms with Crippen molar-refractivity contribution in [3.05, 3.63) is 41.2 Å². The van der Waals surface area contributed by atoms with Crippen LogP contribution < -0.4 is 5.32 Å². The summed E-state index contributed by atoms with van der Waals surface area (Å²) in [5.74, 6) is 1.03. The molecular formula is C11H13BrN4. The summed E-state index contributed by atoms with van der Waals surface area (Å²) in [6.07, 6.45) is 5.60. The molecule has 4 nitrogen and oxygen atoms in total. The molecule has 0 saturated heterocycles. The number of hydrogen-bond donors (Lipinski definition) is 1. The van der Waals surface area contributed by atoms with Gasteiger partial charge in [-0.05, 0) is 35.0 Å². The number of hydrogen-bond acceptors (Lipinski definition) is 3. The van der Waals surface area contributed by atoms with Crippen LogP contribution in [0.15, 0.2) is 35.3 Å². The molecule has 1 N–H and O–H groups in total. The molecule has 0 saturated carbocycles. The van der Waals surface area contributed by atoms with E-state index in [-0.39, 0.29) is 0 Å². The van der Waals surface area contributed by atoms with Crippen molar-refractivity contribution in [3.8, 4) is 0 Å². The van der Waals surface area contributed by atoms with E-state index < -0.39 is 0 Å². The lowest BCUT2D eigenvalue weighted by molar-refractivity contribution is 0.708. The van der Waals surface area contributed by atoms with Gasteiger partial charge in [-0.15, -0.1) is 0 Å². The van der Waals surface area contributed by atoms with Crippen molar-refractivity contribution in [3.63, 3.8) is 0 Å². The van der Waals surface area contributed by atoms with E-state index in [0.717, 1.165) is 22.7 Å². The first-order valence-electron chi connectivity index (χ1n) is 5.15. The van der Waals surface area contributed by atoms with Gasteiger partial charge in [0.1, 0.15) is 10.4 Å². The number of nitrogens with zero attached hydrogens (tertiary/aromatic N) is 3. The Hall–Kier alpha value is -1.36. The van der Waals surface area contributed by atoms with Crippen molar-refractivity contribution in [1.82, 2.24) is 14.5 Å². The summed E-state index contributed by atoms with van der Waals surface area (Å²) in [7, 11) is 0. The van der Waals surface area contributed by atoms with Crippen LogP contribution in [-0.2, 0) is 13.1 Å². The van der Waals surface area contributed by atoms with Gasteiger partial charge in [0, 0.05) is 18.9 Å². The molecule has 2 heterocycles. The summed E-state index contributed by atoms with van der Waals surface area (Å²) in [6, 6.07) is 3.89. The monoisotopic (exact) mass is 280 g/mol. The third-order valence-electron chi connectivity index (χ3n) is 2.32. The Bertz CT molecular complexity index is 449. The first-order chi connectivity index (χ1) is 7.79. The molecule has 0 atom stereocenters. The minimum Gasteiger partial charge on any atom is -0.377 e. The highest BCUT2D eigenvalue weighted by Crippen LogP contribution is 2.11. The molecule has 0 unspecified atom stereocenters. The highest BCUT2D eigenvalue weighted by Gasteiger charge is 2.00.